The summed E-state index contributed by atoms with van der Waals surface area (Å²) in [6.07, 6.45) is 0.742. The maximum atomic E-state index is 10.3. The largest absolute Gasteiger partial charge is 0.387 e. The van der Waals surface area contributed by atoms with Crippen molar-refractivity contribution in [2.45, 2.75) is 31.7 Å². The molecule has 0 radical (unpaired) electrons. The molecule has 3 unspecified atom stereocenters. The van der Waals surface area contributed by atoms with E-state index in [2.05, 4.69) is 24.0 Å². The van der Waals surface area contributed by atoms with Crippen LogP contribution in [0.25, 0.3) is 0 Å². The molecule has 0 amide bonds. The van der Waals surface area contributed by atoms with Crippen molar-refractivity contribution in [2.75, 3.05) is 33.9 Å². The molecule has 20 heavy (non-hydrogen) atoms. The van der Waals surface area contributed by atoms with E-state index in [0.717, 1.165) is 25.1 Å². The summed E-state index contributed by atoms with van der Waals surface area (Å²) in [7, 11) is 3.42. The van der Waals surface area contributed by atoms with Crippen LogP contribution < -0.4 is 0 Å². The highest BCUT2D eigenvalue weighted by Gasteiger charge is 2.33. The Kier molecular flexibility index (Phi) is 5.54. The fraction of sp³-hybridized carbons (Fsp3) is 0.625. The number of aliphatic hydroxyl groups is 1. The number of aryl methyl sites for hydroxylation is 1. The lowest BCUT2D eigenvalue weighted by Gasteiger charge is -2.20. The summed E-state index contributed by atoms with van der Waals surface area (Å²) in [6.45, 7) is 4.36. The molecule has 4 heteroatoms. The Hall–Kier alpha value is -0.940. The third-order valence-electron chi connectivity index (χ3n) is 4.10. The lowest BCUT2D eigenvalue weighted by Crippen LogP contribution is -2.27. The first-order valence-electron chi connectivity index (χ1n) is 7.22. The molecule has 1 aromatic carbocycles. The number of ether oxygens (including phenoxy) is 2. The molecule has 112 valence electrons. The van der Waals surface area contributed by atoms with Gasteiger partial charge in [0.05, 0.1) is 18.3 Å². The number of nitrogens with zero attached hydrogens (tertiary/aromatic N) is 1. The molecule has 2 rings (SSSR count). The summed E-state index contributed by atoms with van der Waals surface area (Å²) < 4.78 is 10.8. The number of methoxy groups -OCH3 is 2. The van der Waals surface area contributed by atoms with E-state index in [1.165, 1.54) is 5.56 Å². The molecule has 3 atom stereocenters. The van der Waals surface area contributed by atoms with E-state index in [4.69, 9.17) is 9.47 Å². The highest BCUT2D eigenvalue weighted by Crippen LogP contribution is 2.21. The number of rotatable bonds is 6. The van der Waals surface area contributed by atoms with Crippen LogP contribution in [0.5, 0.6) is 0 Å². The smallest absolute Gasteiger partial charge is 0.0971 e. The maximum absolute atomic E-state index is 10.3. The summed E-state index contributed by atoms with van der Waals surface area (Å²) in [4.78, 5) is 2.20. The van der Waals surface area contributed by atoms with Crippen LogP contribution in [-0.2, 0) is 15.9 Å². The van der Waals surface area contributed by atoms with Crippen molar-refractivity contribution in [1.82, 2.24) is 4.90 Å². The van der Waals surface area contributed by atoms with Gasteiger partial charge in [0.1, 0.15) is 0 Å². The standard InChI is InChI=1S/C16H25NO3/c1-4-12-5-7-13(8-6-12)14(18)9-17-10-15(19-2)16(11-17)20-3/h5-8,14-16,18H,4,9-11H2,1-3H3. The quantitative estimate of drug-likeness (QED) is 0.859. The number of likely N-dealkylation sites (tertiary alicyclic amines) is 1. The summed E-state index contributed by atoms with van der Waals surface area (Å²) in [5.41, 5.74) is 2.26. The summed E-state index contributed by atoms with van der Waals surface area (Å²) in [6, 6.07) is 8.19. The van der Waals surface area contributed by atoms with Gasteiger partial charge in [0.25, 0.3) is 0 Å². The monoisotopic (exact) mass is 279 g/mol. The molecule has 0 bridgehead atoms. The lowest BCUT2D eigenvalue weighted by molar-refractivity contribution is -0.00461. The van der Waals surface area contributed by atoms with Gasteiger partial charge in [-0.25, -0.2) is 0 Å². The predicted molar refractivity (Wildman–Crippen MR) is 78.8 cm³/mol. The lowest BCUT2D eigenvalue weighted by atomic mass is 10.1. The van der Waals surface area contributed by atoms with E-state index in [1.54, 1.807) is 14.2 Å². The second-order valence-electron chi connectivity index (χ2n) is 5.38. The van der Waals surface area contributed by atoms with E-state index in [1.807, 2.05) is 12.1 Å². The zero-order chi connectivity index (χ0) is 14.5. The second-order valence-corrected chi connectivity index (χ2v) is 5.38. The predicted octanol–water partition coefficient (Wildman–Crippen LogP) is 1.63. The Morgan fingerprint density at radius 3 is 2.15 bits per heavy atom. The average Bonchev–Trinajstić information content (AvgIpc) is 2.89. The molecule has 0 saturated carbocycles. The van der Waals surface area contributed by atoms with E-state index < -0.39 is 6.10 Å². The molecule has 1 heterocycles. The van der Waals surface area contributed by atoms with Gasteiger partial charge in [-0.3, -0.25) is 4.90 Å². The Balaban J connectivity index is 1.92. The molecule has 1 N–H and O–H groups in total. The van der Waals surface area contributed by atoms with E-state index >= 15 is 0 Å². The SMILES string of the molecule is CCc1ccc(C(O)CN2CC(OC)C(OC)C2)cc1. The van der Waals surface area contributed by atoms with Crippen molar-refractivity contribution in [3.63, 3.8) is 0 Å². The van der Waals surface area contributed by atoms with Gasteiger partial charge in [0.2, 0.25) is 0 Å². The van der Waals surface area contributed by atoms with Gasteiger partial charge in [0, 0.05) is 33.9 Å². The van der Waals surface area contributed by atoms with Crippen LogP contribution in [0.3, 0.4) is 0 Å². The first-order chi connectivity index (χ1) is 9.67. The summed E-state index contributed by atoms with van der Waals surface area (Å²) in [5, 5.41) is 10.3. The molecule has 4 nitrogen and oxygen atoms in total. The third-order valence-corrected chi connectivity index (χ3v) is 4.10. The molecule has 0 spiro atoms. The van der Waals surface area contributed by atoms with Crippen LogP contribution in [0.15, 0.2) is 24.3 Å². The maximum Gasteiger partial charge on any atom is 0.0971 e. The van der Waals surface area contributed by atoms with Crippen molar-refractivity contribution < 1.29 is 14.6 Å². The molecule has 0 aromatic heterocycles. The Morgan fingerprint density at radius 2 is 1.70 bits per heavy atom. The van der Waals surface area contributed by atoms with Crippen LogP contribution in [0.4, 0.5) is 0 Å². The molecular weight excluding hydrogens is 254 g/mol. The van der Waals surface area contributed by atoms with Gasteiger partial charge in [0.15, 0.2) is 0 Å². The molecule has 1 aliphatic heterocycles. The van der Waals surface area contributed by atoms with Crippen molar-refractivity contribution in [1.29, 1.82) is 0 Å². The highest BCUT2D eigenvalue weighted by atomic mass is 16.5. The van der Waals surface area contributed by atoms with Crippen LogP contribution in [-0.4, -0.2) is 56.1 Å². The van der Waals surface area contributed by atoms with E-state index in [9.17, 15) is 5.11 Å². The minimum Gasteiger partial charge on any atom is -0.387 e. The fourth-order valence-electron chi connectivity index (χ4n) is 2.75. The van der Waals surface area contributed by atoms with E-state index in [0.29, 0.717) is 6.54 Å². The van der Waals surface area contributed by atoms with Crippen molar-refractivity contribution in [2.24, 2.45) is 0 Å². The van der Waals surface area contributed by atoms with Gasteiger partial charge in [-0.1, -0.05) is 31.2 Å². The zero-order valence-electron chi connectivity index (χ0n) is 12.6. The molecule has 1 saturated heterocycles. The van der Waals surface area contributed by atoms with Crippen molar-refractivity contribution in [3.05, 3.63) is 35.4 Å². The average molecular weight is 279 g/mol. The molecule has 1 aromatic rings. The molecule has 1 fully saturated rings. The van der Waals surface area contributed by atoms with Crippen LogP contribution in [0.2, 0.25) is 0 Å². The first kappa shape index (κ1) is 15.4. The topological polar surface area (TPSA) is 41.9 Å². The van der Waals surface area contributed by atoms with Gasteiger partial charge in [-0.2, -0.15) is 0 Å². The van der Waals surface area contributed by atoms with Gasteiger partial charge in [-0.15, -0.1) is 0 Å². The number of aliphatic hydroxyl groups excluding tert-OH is 1. The zero-order valence-corrected chi connectivity index (χ0v) is 12.6. The summed E-state index contributed by atoms with van der Waals surface area (Å²) >= 11 is 0. The fourth-order valence-corrected chi connectivity index (χ4v) is 2.75. The Labute approximate surface area is 121 Å². The highest BCUT2D eigenvalue weighted by molar-refractivity contribution is 5.24. The third kappa shape index (κ3) is 3.58. The minimum atomic E-state index is -0.464. The van der Waals surface area contributed by atoms with Gasteiger partial charge < -0.3 is 14.6 Å². The van der Waals surface area contributed by atoms with Crippen molar-refractivity contribution >= 4 is 0 Å². The normalized spacial score (nSPS) is 25.0. The number of benzene rings is 1. The first-order valence-corrected chi connectivity index (χ1v) is 7.22. The summed E-state index contributed by atoms with van der Waals surface area (Å²) in [5.74, 6) is 0. The van der Waals surface area contributed by atoms with Crippen LogP contribution >= 0.6 is 0 Å². The Bertz CT molecular complexity index is 395. The second kappa shape index (κ2) is 7.18. The molecule has 1 aliphatic rings. The van der Waals surface area contributed by atoms with Gasteiger partial charge >= 0.3 is 0 Å². The number of β-amino-alcohol motifs (C(OH)–C–C–N with tert-alkyl or cyclic N) is 1. The Morgan fingerprint density at radius 1 is 1.15 bits per heavy atom. The molecular formula is C16H25NO3. The van der Waals surface area contributed by atoms with Crippen LogP contribution in [0, 0.1) is 0 Å². The van der Waals surface area contributed by atoms with E-state index in [-0.39, 0.29) is 12.2 Å². The van der Waals surface area contributed by atoms with Gasteiger partial charge in [-0.05, 0) is 17.5 Å². The van der Waals surface area contributed by atoms with Crippen LogP contribution in [0.1, 0.15) is 24.2 Å². The molecule has 0 aliphatic carbocycles. The number of hydrogen-bond donors (Lipinski definition) is 1. The number of hydrogen-bond acceptors (Lipinski definition) is 4. The van der Waals surface area contributed by atoms with Crippen molar-refractivity contribution in [3.8, 4) is 0 Å². The minimum absolute atomic E-state index is 0.0923.